The molecular formula is C20H20ClN3O3. The number of amides is 4. The molecule has 0 aromatic heterocycles. The number of imide groups is 1. The van der Waals surface area contributed by atoms with Crippen molar-refractivity contribution in [2.75, 3.05) is 13.1 Å². The molecule has 140 valence electrons. The minimum Gasteiger partial charge on any atom is -0.354 e. The van der Waals surface area contributed by atoms with E-state index in [4.69, 9.17) is 11.6 Å². The van der Waals surface area contributed by atoms with Crippen LogP contribution in [0.5, 0.6) is 0 Å². The number of benzene rings is 2. The Bertz CT molecular complexity index is 855. The molecule has 0 radical (unpaired) electrons. The Morgan fingerprint density at radius 2 is 1.78 bits per heavy atom. The number of nitrogens with one attached hydrogen (secondary N) is 2. The van der Waals surface area contributed by atoms with Gasteiger partial charge in [-0.15, -0.1) is 0 Å². The average Bonchev–Trinajstić information content (AvgIpc) is 2.88. The zero-order chi connectivity index (χ0) is 19.4. The smallest absolute Gasteiger partial charge is 0.325 e. The van der Waals surface area contributed by atoms with Crippen LogP contribution in [0.1, 0.15) is 18.1 Å². The van der Waals surface area contributed by atoms with Crippen molar-refractivity contribution in [3.05, 3.63) is 70.7 Å². The molecule has 0 saturated carbocycles. The first-order valence-electron chi connectivity index (χ1n) is 8.61. The quantitative estimate of drug-likeness (QED) is 0.750. The summed E-state index contributed by atoms with van der Waals surface area (Å²) in [5.74, 6) is -0.823. The molecule has 0 bridgehead atoms. The highest BCUT2D eigenvalue weighted by molar-refractivity contribution is 6.30. The third-order valence-corrected chi connectivity index (χ3v) is 4.83. The van der Waals surface area contributed by atoms with E-state index in [-0.39, 0.29) is 12.5 Å². The summed E-state index contributed by atoms with van der Waals surface area (Å²) < 4.78 is 0. The average molecular weight is 386 g/mol. The highest BCUT2D eigenvalue weighted by Crippen LogP contribution is 2.28. The first kappa shape index (κ1) is 18.9. The highest BCUT2D eigenvalue weighted by Gasteiger charge is 2.49. The summed E-state index contributed by atoms with van der Waals surface area (Å²) in [7, 11) is 0. The lowest BCUT2D eigenvalue weighted by Gasteiger charge is -2.22. The van der Waals surface area contributed by atoms with E-state index >= 15 is 0 Å². The van der Waals surface area contributed by atoms with E-state index < -0.39 is 17.5 Å². The largest absolute Gasteiger partial charge is 0.354 e. The summed E-state index contributed by atoms with van der Waals surface area (Å²) in [6.07, 6.45) is 0.630. The van der Waals surface area contributed by atoms with Crippen molar-refractivity contribution < 1.29 is 14.4 Å². The fourth-order valence-corrected chi connectivity index (χ4v) is 3.13. The van der Waals surface area contributed by atoms with Crippen LogP contribution in [0.2, 0.25) is 5.02 Å². The maximum Gasteiger partial charge on any atom is 0.325 e. The minimum atomic E-state index is -1.16. The van der Waals surface area contributed by atoms with Crippen LogP contribution in [-0.4, -0.2) is 35.8 Å². The number of carbonyl (C=O) groups is 3. The Kier molecular flexibility index (Phi) is 5.46. The maximum atomic E-state index is 12.8. The number of urea groups is 1. The zero-order valence-electron chi connectivity index (χ0n) is 14.9. The predicted molar refractivity (Wildman–Crippen MR) is 102 cm³/mol. The van der Waals surface area contributed by atoms with E-state index in [1.807, 2.05) is 18.2 Å². The van der Waals surface area contributed by atoms with E-state index in [1.54, 1.807) is 43.3 Å². The van der Waals surface area contributed by atoms with Crippen molar-refractivity contribution in [1.82, 2.24) is 15.5 Å². The van der Waals surface area contributed by atoms with E-state index in [9.17, 15) is 14.4 Å². The van der Waals surface area contributed by atoms with Crippen LogP contribution in [0.25, 0.3) is 0 Å². The Morgan fingerprint density at radius 1 is 1.11 bits per heavy atom. The van der Waals surface area contributed by atoms with Gasteiger partial charge in [-0.2, -0.15) is 0 Å². The van der Waals surface area contributed by atoms with Crippen LogP contribution < -0.4 is 10.6 Å². The molecule has 1 atom stereocenters. The second kappa shape index (κ2) is 7.80. The predicted octanol–water partition coefficient (Wildman–Crippen LogP) is 2.47. The number of nitrogens with zero attached hydrogens (tertiary/aromatic N) is 1. The van der Waals surface area contributed by atoms with Crippen molar-refractivity contribution >= 4 is 29.4 Å². The van der Waals surface area contributed by atoms with Crippen LogP contribution >= 0.6 is 11.6 Å². The SMILES string of the molecule is C[C@]1(c2ccccc2)NC(=O)N(CC(=O)NCCc2ccc(Cl)cc2)C1=O. The third-order valence-electron chi connectivity index (χ3n) is 4.58. The fraction of sp³-hybridized carbons (Fsp3) is 0.250. The molecule has 0 aliphatic carbocycles. The Hall–Kier alpha value is -2.86. The summed E-state index contributed by atoms with van der Waals surface area (Å²) in [4.78, 5) is 38.1. The Morgan fingerprint density at radius 3 is 2.44 bits per heavy atom. The van der Waals surface area contributed by atoms with Gasteiger partial charge in [0.15, 0.2) is 0 Å². The zero-order valence-corrected chi connectivity index (χ0v) is 15.6. The van der Waals surface area contributed by atoms with Gasteiger partial charge in [-0.25, -0.2) is 4.79 Å². The first-order valence-corrected chi connectivity index (χ1v) is 8.99. The summed E-state index contributed by atoms with van der Waals surface area (Å²) >= 11 is 5.84. The van der Waals surface area contributed by atoms with Gasteiger partial charge in [-0.1, -0.05) is 54.1 Å². The van der Waals surface area contributed by atoms with Crippen LogP contribution in [0.15, 0.2) is 54.6 Å². The van der Waals surface area contributed by atoms with Gasteiger partial charge in [0.1, 0.15) is 12.1 Å². The number of hydrogen-bond donors (Lipinski definition) is 2. The summed E-state index contributed by atoms with van der Waals surface area (Å²) in [6, 6.07) is 15.8. The first-order chi connectivity index (χ1) is 12.9. The molecule has 2 aromatic rings. The topological polar surface area (TPSA) is 78.5 Å². The lowest BCUT2D eigenvalue weighted by molar-refractivity contribution is -0.134. The molecule has 1 heterocycles. The van der Waals surface area contributed by atoms with Gasteiger partial charge < -0.3 is 10.6 Å². The lowest BCUT2D eigenvalue weighted by Crippen LogP contribution is -2.43. The molecule has 1 aliphatic heterocycles. The highest BCUT2D eigenvalue weighted by atomic mass is 35.5. The van der Waals surface area contributed by atoms with Crippen molar-refractivity contribution in [2.24, 2.45) is 0 Å². The van der Waals surface area contributed by atoms with E-state index in [2.05, 4.69) is 10.6 Å². The van der Waals surface area contributed by atoms with Crippen LogP contribution in [0.3, 0.4) is 0 Å². The van der Waals surface area contributed by atoms with Crippen molar-refractivity contribution in [1.29, 1.82) is 0 Å². The molecule has 6 nitrogen and oxygen atoms in total. The molecule has 4 amide bonds. The fourth-order valence-electron chi connectivity index (χ4n) is 3.00. The standard InChI is InChI=1S/C20H20ClN3O3/c1-20(15-5-3-2-4-6-15)18(26)24(19(27)23-20)13-17(25)22-12-11-14-7-9-16(21)10-8-14/h2-10H,11-13H2,1H3,(H,22,25)(H,23,27)/t20-/m1/s1. The lowest BCUT2D eigenvalue weighted by atomic mass is 9.92. The molecule has 1 aliphatic rings. The minimum absolute atomic E-state index is 0.312. The second-order valence-corrected chi connectivity index (χ2v) is 6.98. The summed E-state index contributed by atoms with van der Waals surface area (Å²) in [5, 5.41) is 6.07. The molecule has 3 rings (SSSR count). The van der Waals surface area contributed by atoms with Gasteiger partial charge in [0, 0.05) is 11.6 Å². The normalized spacial score (nSPS) is 19.1. The number of hydrogen-bond acceptors (Lipinski definition) is 3. The van der Waals surface area contributed by atoms with Gasteiger partial charge >= 0.3 is 6.03 Å². The van der Waals surface area contributed by atoms with Gasteiger partial charge in [-0.3, -0.25) is 14.5 Å². The molecule has 2 N–H and O–H groups in total. The maximum absolute atomic E-state index is 12.8. The van der Waals surface area contributed by atoms with Crippen molar-refractivity contribution in [3.8, 4) is 0 Å². The monoisotopic (exact) mass is 385 g/mol. The van der Waals surface area contributed by atoms with E-state index in [1.165, 1.54) is 0 Å². The molecule has 0 spiro atoms. The summed E-state index contributed by atoms with van der Waals surface area (Å²) in [5.41, 5.74) is 0.544. The van der Waals surface area contributed by atoms with Gasteiger partial charge in [0.25, 0.3) is 5.91 Å². The van der Waals surface area contributed by atoms with E-state index in [0.717, 1.165) is 10.5 Å². The van der Waals surface area contributed by atoms with Crippen molar-refractivity contribution in [3.63, 3.8) is 0 Å². The van der Waals surface area contributed by atoms with Crippen LogP contribution in [0.4, 0.5) is 4.79 Å². The Labute approximate surface area is 162 Å². The number of carbonyl (C=O) groups excluding carboxylic acids is 3. The number of halogens is 1. The molecule has 1 fully saturated rings. The van der Waals surface area contributed by atoms with Crippen LogP contribution in [-0.2, 0) is 21.5 Å². The second-order valence-electron chi connectivity index (χ2n) is 6.54. The van der Waals surface area contributed by atoms with Gasteiger partial charge in [0.2, 0.25) is 5.91 Å². The molecule has 1 saturated heterocycles. The Balaban J connectivity index is 1.57. The molecule has 27 heavy (non-hydrogen) atoms. The van der Waals surface area contributed by atoms with Gasteiger partial charge in [-0.05, 0) is 36.6 Å². The molecule has 2 aromatic carbocycles. The summed E-state index contributed by atoms with van der Waals surface area (Å²) in [6.45, 7) is 1.73. The van der Waals surface area contributed by atoms with Crippen molar-refractivity contribution in [2.45, 2.75) is 18.9 Å². The van der Waals surface area contributed by atoms with Gasteiger partial charge in [0.05, 0.1) is 0 Å². The molecule has 7 heteroatoms. The van der Waals surface area contributed by atoms with Crippen LogP contribution in [0, 0.1) is 0 Å². The molecule has 0 unspecified atom stereocenters. The van der Waals surface area contributed by atoms with E-state index in [0.29, 0.717) is 23.6 Å². The number of rotatable bonds is 6. The molecular weight excluding hydrogens is 366 g/mol. The third kappa shape index (κ3) is 4.11.